The number of rotatable bonds is 10. The first-order valence-electron chi connectivity index (χ1n) is 12.0. The van der Waals surface area contributed by atoms with Crippen molar-refractivity contribution in [2.24, 2.45) is 0 Å². The average Bonchev–Trinajstić information content (AvgIpc) is 3.35. The van der Waals surface area contributed by atoms with Gasteiger partial charge in [0, 0.05) is 21.5 Å². The zero-order valence-corrected chi connectivity index (χ0v) is 25.2. The number of amides is 1. The quantitative estimate of drug-likeness (QED) is 0.136. The molecule has 1 N–H and O–H groups in total. The van der Waals surface area contributed by atoms with E-state index in [4.69, 9.17) is 14.2 Å². The van der Waals surface area contributed by atoms with Crippen molar-refractivity contribution in [3.05, 3.63) is 104 Å². The lowest BCUT2D eigenvalue weighted by Crippen LogP contribution is -2.12. The van der Waals surface area contributed by atoms with E-state index in [9.17, 15) is 9.59 Å². The monoisotopic (exact) mass is 669 g/mol. The summed E-state index contributed by atoms with van der Waals surface area (Å²) in [6.07, 6.45) is 3.07. The van der Waals surface area contributed by atoms with Gasteiger partial charge >= 0.3 is 5.97 Å². The van der Waals surface area contributed by atoms with Crippen molar-refractivity contribution in [3.63, 3.8) is 0 Å². The van der Waals surface area contributed by atoms with Crippen LogP contribution >= 0.6 is 43.2 Å². The van der Waals surface area contributed by atoms with Gasteiger partial charge in [0.1, 0.15) is 17.2 Å². The normalized spacial score (nSPS) is 10.9. The van der Waals surface area contributed by atoms with E-state index in [1.807, 2.05) is 66.0 Å². The Hall–Kier alpha value is -3.40. The van der Waals surface area contributed by atoms with Crippen molar-refractivity contribution in [1.82, 2.24) is 0 Å². The zero-order valence-electron chi connectivity index (χ0n) is 21.2. The minimum atomic E-state index is -0.490. The number of nitrogens with one attached hydrogen (secondary N) is 1. The molecule has 0 atom stereocenters. The van der Waals surface area contributed by atoms with Crippen molar-refractivity contribution < 1.29 is 23.8 Å². The SMILES string of the molecule is CCOC(=O)c1c(-c2ccc(Br)cc2)csc1NC(=O)/C=C/c1cc(Br)c(OCc2ccccc2)c(OC)c1. The Balaban J connectivity index is 1.52. The van der Waals surface area contributed by atoms with Crippen LogP contribution in [0.4, 0.5) is 5.00 Å². The summed E-state index contributed by atoms with van der Waals surface area (Å²) in [7, 11) is 1.56. The molecule has 1 aromatic heterocycles. The lowest BCUT2D eigenvalue weighted by Gasteiger charge is -2.13. The Bertz CT molecular complexity index is 1480. The molecular formula is C30H25Br2NO5S. The second-order valence-electron chi connectivity index (χ2n) is 8.21. The van der Waals surface area contributed by atoms with Gasteiger partial charge in [-0.3, -0.25) is 4.79 Å². The third-order valence-corrected chi connectivity index (χ3v) is 7.58. The highest BCUT2D eigenvalue weighted by Crippen LogP contribution is 2.38. The summed E-state index contributed by atoms with van der Waals surface area (Å²) in [5, 5.41) is 5.09. The summed E-state index contributed by atoms with van der Waals surface area (Å²) in [6.45, 7) is 2.36. The van der Waals surface area contributed by atoms with E-state index in [-0.39, 0.29) is 12.5 Å². The number of anilines is 1. The van der Waals surface area contributed by atoms with E-state index in [2.05, 4.69) is 37.2 Å². The van der Waals surface area contributed by atoms with Gasteiger partial charge in [-0.2, -0.15) is 0 Å². The number of carbonyl (C=O) groups is 2. The molecule has 0 bridgehead atoms. The van der Waals surface area contributed by atoms with Gasteiger partial charge in [0.05, 0.1) is 18.2 Å². The lowest BCUT2D eigenvalue weighted by atomic mass is 10.0. The minimum Gasteiger partial charge on any atom is -0.493 e. The van der Waals surface area contributed by atoms with Crippen LogP contribution in [-0.2, 0) is 16.1 Å². The molecule has 0 aliphatic carbocycles. The molecule has 3 aromatic carbocycles. The van der Waals surface area contributed by atoms with Crippen LogP contribution in [0, 0.1) is 0 Å². The fourth-order valence-corrected chi connectivity index (χ4v) is 5.53. The molecule has 1 heterocycles. The molecule has 4 aromatic rings. The Morgan fingerprint density at radius 1 is 1.03 bits per heavy atom. The van der Waals surface area contributed by atoms with Gasteiger partial charge in [-0.25, -0.2) is 4.79 Å². The van der Waals surface area contributed by atoms with Gasteiger partial charge in [-0.05, 0) is 69.9 Å². The van der Waals surface area contributed by atoms with Gasteiger partial charge in [-0.1, -0.05) is 58.4 Å². The molecule has 0 aliphatic rings. The van der Waals surface area contributed by atoms with Crippen LogP contribution in [0.5, 0.6) is 11.5 Å². The van der Waals surface area contributed by atoms with Crippen LogP contribution < -0.4 is 14.8 Å². The summed E-state index contributed by atoms with van der Waals surface area (Å²) >= 11 is 8.25. The lowest BCUT2D eigenvalue weighted by molar-refractivity contribution is -0.111. The first-order valence-corrected chi connectivity index (χ1v) is 14.4. The maximum absolute atomic E-state index is 12.9. The Morgan fingerprint density at radius 2 is 1.77 bits per heavy atom. The van der Waals surface area contributed by atoms with Gasteiger partial charge in [0.2, 0.25) is 5.91 Å². The predicted octanol–water partition coefficient (Wildman–Crippen LogP) is 8.36. The molecule has 4 rings (SSSR count). The maximum Gasteiger partial charge on any atom is 0.341 e. The smallest absolute Gasteiger partial charge is 0.341 e. The van der Waals surface area contributed by atoms with E-state index < -0.39 is 5.97 Å². The number of ether oxygens (including phenoxy) is 3. The van der Waals surface area contributed by atoms with E-state index in [1.165, 1.54) is 17.4 Å². The summed E-state index contributed by atoms with van der Waals surface area (Å²) in [6, 6.07) is 21.1. The number of methoxy groups -OCH3 is 1. The van der Waals surface area contributed by atoms with Crippen molar-refractivity contribution in [3.8, 4) is 22.6 Å². The molecule has 0 unspecified atom stereocenters. The molecule has 39 heavy (non-hydrogen) atoms. The van der Waals surface area contributed by atoms with Crippen molar-refractivity contribution in [2.45, 2.75) is 13.5 Å². The third-order valence-electron chi connectivity index (χ3n) is 5.57. The average molecular weight is 671 g/mol. The van der Waals surface area contributed by atoms with Gasteiger partial charge in [-0.15, -0.1) is 11.3 Å². The zero-order chi connectivity index (χ0) is 27.8. The predicted molar refractivity (Wildman–Crippen MR) is 163 cm³/mol. The first kappa shape index (κ1) is 28.6. The van der Waals surface area contributed by atoms with Crippen LogP contribution in [0.2, 0.25) is 0 Å². The number of hydrogen-bond acceptors (Lipinski definition) is 6. The number of carbonyl (C=O) groups excluding carboxylic acids is 2. The van der Waals surface area contributed by atoms with Crippen LogP contribution in [0.25, 0.3) is 17.2 Å². The molecule has 0 aliphatic heterocycles. The van der Waals surface area contributed by atoms with Crippen LogP contribution in [0.3, 0.4) is 0 Å². The Labute approximate surface area is 247 Å². The highest BCUT2D eigenvalue weighted by Gasteiger charge is 2.22. The number of halogens is 2. The van der Waals surface area contributed by atoms with Gasteiger partial charge in [0.25, 0.3) is 0 Å². The number of hydrogen-bond donors (Lipinski definition) is 1. The maximum atomic E-state index is 12.9. The summed E-state index contributed by atoms with van der Waals surface area (Å²) in [4.78, 5) is 25.7. The van der Waals surface area contributed by atoms with Crippen LogP contribution in [0.1, 0.15) is 28.4 Å². The molecule has 0 radical (unpaired) electrons. The molecule has 1 amide bonds. The van der Waals surface area contributed by atoms with Crippen molar-refractivity contribution >= 4 is 66.2 Å². The number of esters is 1. The minimum absolute atomic E-state index is 0.226. The van der Waals surface area contributed by atoms with Crippen LogP contribution in [0.15, 0.2) is 87.1 Å². The highest BCUT2D eigenvalue weighted by atomic mass is 79.9. The van der Waals surface area contributed by atoms with Gasteiger partial charge < -0.3 is 19.5 Å². The summed E-state index contributed by atoms with van der Waals surface area (Å²) in [5.41, 5.74) is 3.64. The Morgan fingerprint density at radius 3 is 2.46 bits per heavy atom. The second kappa shape index (κ2) is 13.6. The highest BCUT2D eigenvalue weighted by molar-refractivity contribution is 9.10. The van der Waals surface area contributed by atoms with E-state index >= 15 is 0 Å². The molecule has 6 nitrogen and oxygen atoms in total. The van der Waals surface area contributed by atoms with Gasteiger partial charge in [0.15, 0.2) is 11.5 Å². The van der Waals surface area contributed by atoms with E-state index in [0.29, 0.717) is 38.7 Å². The fourth-order valence-electron chi connectivity index (χ4n) is 3.73. The molecule has 0 saturated heterocycles. The van der Waals surface area contributed by atoms with E-state index in [0.717, 1.165) is 21.2 Å². The summed E-state index contributed by atoms with van der Waals surface area (Å²) < 4.78 is 18.4. The van der Waals surface area contributed by atoms with Crippen LogP contribution in [-0.4, -0.2) is 25.6 Å². The van der Waals surface area contributed by atoms with Crippen molar-refractivity contribution in [2.75, 3.05) is 19.0 Å². The number of thiophene rings is 1. The second-order valence-corrected chi connectivity index (χ2v) is 10.9. The largest absolute Gasteiger partial charge is 0.493 e. The summed E-state index contributed by atoms with van der Waals surface area (Å²) in [5.74, 6) is 0.225. The molecule has 0 spiro atoms. The third kappa shape index (κ3) is 7.38. The fraction of sp³-hybridized carbons (Fsp3) is 0.133. The number of benzene rings is 3. The van der Waals surface area contributed by atoms with E-state index in [1.54, 1.807) is 26.2 Å². The topological polar surface area (TPSA) is 73.9 Å². The molecular weight excluding hydrogens is 646 g/mol. The molecule has 0 fully saturated rings. The Kier molecular flexibility index (Phi) is 9.97. The molecule has 200 valence electrons. The molecule has 9 heteroatoms. The standard InChI is InChI=1S/C30H25Br2NO5S/c1-3-37-30(35)27-23(21-10-12-22(31)13-11-21)18-39-29(27)33-26(34)14-9-20-15-24(32)28(25(16-20)36-2)38-17-19-7-5-4-6-8-19/h4-16,18H,3,17H2,1-2H3,(H,33,34)/b14-9+. The van der Waals surface area contributed by atoms with Crippen molar-refractivity contribution in [1.29, 1.82) is 0 Å². The molecule has 0 saturated carbocycles. The first-order chi connectivity index (χ1) is 18.9.